The van der Waals surface area contributed by atoms with Crippen molar-refractivity contribution in [1.82, 2.24) is 4.68 Å². The number of rotatable bonds is 2. The number of nitrogens with zero attached hydrogens (tertiary/aromatic N) is 3. The van der Waals surface area contributed by atoms with E-state index in [2.05, 4.69) is 14.8 Å². The smallest absolute Gasteiger partial charge is 0.286 e. The molecule has 1 aromatic heterocycles. The van der Waals surface area contributed by atoms with Crippen molar-refractivity contribution in [2.24, 2.45) is 9.50 Å². The second kappa shape index (κ2) is 6.28. The first-order valence-electron chi connectivity index (χ1n) is 9.10. The Morgan fingerprint density at radius 1 is 1.07 bits per heavy atom. The summed E-state index contributed by atoms with van der Waals surface area (Å²) in [6.45, 7) is 0. The quantitative estimate of drug-likeness (QED) is 0.677. The van der Waals surface area contributed by atoms with Crippen LogP contribution >= 0.6 is 0 Å². The molecule has 9 heteroatoms. The lowest BCUT2D eigenvalue weighted by atomic mass is 9.98. The topological polar surface area (TPSA) is 113 Å². The van der Waals surface area contributed by atoms with Gasteiger partial charge in [0.15, 0.2) is 5.84 Å². The molecular formula is C20H16N4O4S. The lowest BCUT2D eigenvalue weighted by Gasteiger charge is -2.20. The molecule has 0 spiro atoms. The van der Waals surface area contributed by atoms with Crippen LogP contribution in [0.4, 0.5) is 5.69 Å². The average molecular weight is 408 g/mol. The van der Waals surface area contributed by atoms with Crippen molar-refractivity contribution >= 4 is 38.2 Å². The molecule has 0 radical (unpaired) electrons. The molecule has 0 unspecified atom stereocenters. The Bertz CT molecular complexity index is 1400. The van der Waals surface area contributed by atoms with Gasteiger partial charge < -0.3 is 10.4 Å². The molecule has 0 bridgehead atoms. The number of hydrogen-bond donors (Lipinski definition) is 2. The Morgan fingerprint density at radius 2 is 1.79 bits per heavy atom. The summed E-state index contributed by atoms with van der Waals surface area (Å²) in [6.07, 6.45) is 2.62. The van der Waals surface area contributed by atoms with Gasteiger partial charge in [0.1, 0.15) is 16.2 Å². The number of aromatic hydroxyl groups is 1. The molecule has 29 heavy (non-hydrogen) atoms. The third-order valence-corrected chi connectivity index (χ3v) is 6.40. The molecule has 1 saturated carbocycles. The molecule has 0 saturated heterocycles. The first-order valence-corrected chi connectivity index (χ1v) is 10.5. The lowest BCUT2D eigenvalue weighted by Crippen LogP contribution is -2.32. The Hall–Kier alpha value is -3.46. The van der Waals surface area contributed by atoms with Crippen molar-refractivity contribution < 1.29 is 13.5 Å². The molecule has 2 N–H and O–H groups in total. The van der Waals surface area contributed by atoms with Gasteiger partial charge in [-0.25, -0.2) is 0 Å². The Labute approximate surface area is 165 Å². The van der Waals surface area contributed by atoms with E-state index in [1.807, 2.05) is 0 Å². The molecule has 2 aliphatic rings. The maximum atomic E-state index is 13.3. The summed E-state index contributed by atoms with van der Waals surface area (Å²) < 4.78 is 30.2. The Kier molecular flexibility index (Phi) is 3.82. The van der Waals surface area contributed by atoms with Gasteiger partial charge in [-0.3, -0.25) is 4.79 Å². The van der Waals surface area contributed by atoms with E-state index >= 15 is 0 Å². The van der Waals surface area contributed by atoms with Crippen LogP contribution in [0.1, 0.15) is 24.8 Å². The van der Waals surface area contributed by atoms with Gasteiger partial charge in [-0.1, -0.05) is 24.3 Å². The largest absolute Gasteiger partial charge is 0.506 e. The maximum Gasteiger partial charge on any atom is 0.286 e. The molecule has 8 nitrogen and oxygen atoms in total. The minimum atomic E-state index is -4.03. The highest BCUT2D eigenvalue weighted by molar-refractivity contribution is 7.90. The van der Waals surface area contributed by atoms with Gasteiger partial charge >= 0.3 is 0 Å². The molecule has 3 aromatic rings. The fourth-order valence-corrected chi connectivity index (χ4v) is 4.54. The second-order valence-electron chi connectivity index (χ2n) is 6.91. The number of nitrogens with one attached hydrogen (secondary N) is 1. The number of para-hydroxylation sites is 2. The first kappa shape index (κ1) is 17.6. The normalized spacial score (nSPS) is 17.1. The number of sulfonamides is 1. The van der Waals surface area contributed by atoms with E-state index in [0.717, 1.165) is 25.0 Å². The van der Waals surface area contributed by atoms with Crippen molar-refractivity contribution in [1.29, 1.82) is 0 Å². The maximum absolute atomic E-state index is 13.3. The predicted octanol–water partition coefficient (Wildman–Crippen LogP) is 2.66. The van der Waals surface area contributed by atoms with E-state index in [4.69, 9.17) is 0 Å². The van der Waals surface area contributed by atoms with Crippen molar-refractivity contribution in [3.63, 3.8) is 0 Å². The van der Waals surface area contributed by atoms with Crippen LogP contribution in [0.3, 0.4) is 0 Å². The number of amidine groups is 1. The summed E-state index contributed by atoms with van der Waals surface area (Å²) in [7, 11) is -4.03. The minimum absolute atomic E-state index is 0.0130. The van der Waals surface area contributed by atoms with Crippen molar-refractivity contribution in [2.75, 3.05) is 5.32 Å². The van der Waals surface area contributed by atoms with Gasteiger partial charge in [-0.2, -0.15) is 18.2 Å². The summed E-state index contributed by atoms with van der Waals surface area (Å²) in [5.41, 5.74) is 0.747. The van der Waals surface area contributed by atoms with Crippen LogP contribution in [-0.4, -0.2) is 29.7 Å². The Morgan fingerprint density at radius 3 is 2.55 bits per heavy atom. The minimum Gasteiger partial charge on any atom is -0.506 e. The molecule has 1 aliphatic carbocycles. The molecule has 146 valence electrons. The van der Waals surface area contributed by atoms with Crippen molar-refractivity contribution in [2.45, 2.75) is 24.2 Å². The molecular weight excluding hydrogens is 392 g/mol. The molecule has 0 atom stereocenters. The van der Waals surface area contributed by atoms with Crippen molar-refractivity contribution in [3.8, 4) is 5.75 Å². The molecule has 1 aliphatic heterocycles. The molecule has 0 amide bonds. The number of benzene rings is 2. The molecule has 2 heterocycles. The van der Waals surface area contributed by atoms with Crippen molar-refractivity contribution in [3.05, 3.63) is 64.4 Å². The van der Waals surface area contributed by atoms with E-state index in [1.165, 1.54) is 10.7 Å². The zero-order chi connectivity index (χ0) is 20.2. The van der Waals surface area contributed by atoms with Crippen LogP contribution in [0, 0.1) is 0 Å². The summed E-state index contributed by atoms with van der Waals surface area (Å²) in [4.78, 5) is 13.3. The van der Waals surface area contributed by atoms with Gasteiger partial charge in [-0.05, 0) is 43.5 Å². The SMILES string of the molecule is O=c1c(C2=NS(=O)(=O)c3ccccc3N2)c(O)c2ccccc2n1N=C1CCC1. The highest BCUT2D eigenvalue weighted by atomic mass is 32.2. The van der Waals surface area contributed by atoms with Crippen LogP contribution in [0.25, 0.3) is 10.9 Å². The second-order valence-corrected chi connectivity index (χ2v) is 8.49. The highest BCUT2D eigenvalue weighted by Gasteiger charge is 2.29. The van der Waals surface area contributed by atoms with Crippen LogP contribution in [-0.2, 0) is 10.0 Å². The lowest BCUT2D eigenvalue weighted by molar-refractivity contribution is 0.478. The van der Waals surface area contributed by atoms with Gasteiger partial charge in [0, 0.05) is 11.1 Å². The summed E-state index contributed by atoms with van der Waals surface area (Å²) in [5, 5.41) is 18.6. The number of pyridine rings is 1. The first-order chi connectivity index (χ1) is 14.0. The van der Waals surface area contributed by atoms with Gasteiger partial charge in [0.2, 0.25) is 0 Å². The molecule has 2 aromatic carbocycles. The van der Waals surface area contributed by atoms with E-state index in [0.29, 0.717) is 16.6 Å². The number of anilines is 1. The Balaban J connectivity index is 1.81. The van der Waals surface area contributed by atoms with Gasteiger partial charge in [0.25, 0.3) is 15.6 Å². The van der Waals surface area contributed by atoms with Crippen LogP contribution in [0.15, 0.2) is 67.7 Å². The van der Waals surface area contributed by atoms with Gasteiger partial charge in [0.05, 0.1) is 11.2 Å². The monoisotopic (exact) mass is 408 g/mol. The summed E-state index contributed by atoms with van der Waals surface area (Å²) in [5.74, 6) is -0.559. The summed E-state index contributed by atoms with van der Waals surface area (Å²) in [6, 6.07) is 13.1. The van der Waals surface area contributed by atoms with Gasteiger partial charge in [-0.15, -0.1) is 4.40 Å². The van der Waals surface area contributed by atoms with Crippen LogP contribution < -0.4 is 10.9 Å². The molecule has 1 fully saturated rings. The van der Waals surface area contributed by atoms with E-state index < -0.39 is 15.6 Å². The highest BCUT2D eigenvalue weighted by Crippen LogP contribution is 2.32. The fourth-order valence-electron chi connectivity index (χ4n) is 3.42. The van der Waals surface area contributed by atoms with Crippen LogP contribution in [0.2, 0.25) is 0 Å². The third kappa shape index (κ3) is 2.73. The average Bonchev–Trinajstić information content (AvgIpc) is 2.66. The third-order valence-electron chi connectivity index (χ3n) is 5.07. The number of aromatic nitrogens is 1. The predicted molar refractivity (Wildman–Crippen MR) is 110 cm³/mol. The fraction of sp³-hybridized carbons (Fsp3) is 0.150. The number of hydrogen-bond acceptors (Lipinski definition) is 6. The summed E-state index contributed by atoms with van der Waals surface area (Å²) >= 11 is 0. The zero-order valence-electron chi connectivity index (χ0n) is 15.2. The zero-order valence-corrected chi connectivity index (χ0v) is 16.0. The van der Waals surface area contributed by atoms with E-state index in [-0.39, 0.29) is 22.0 Å². The van der Waals surface area contributed by atoms with E-state index in [1.54, 1.807) is 42.5 Å². The standard InChI is InChI=1S/C20H16N4O4S/c25-18-13-8-1-3-10-15(13)24(22-12-6-5-7-12)20(26)17(18)19-21-14-9-2-4-11-16(14)29(27,28)23-19/h1-4,8-11,25H,5-7H2,(H,21,23). The number of fused-ring (bicyclic) bond motifs is 2. The van der Waals surface area contributed by atoms with Crippen LogP contribution in [0.5, 0.6) is 5.75 Å². The van der Waals surface area contributed by atoms with E-state index in [9.17, 15) is 18.3 Å². The molecule has 5 rings (SSSR count).